The van der Waals surface area contributed by atoms with Crippen molar-refractivity contribution in [1.29, 1.82) is 0 Å². The molecule has 1 heterocycles. The molecular formula is C16H22FN3O2. The van der Waals surface area contributed by atoms with Crippen LogP contribution in [0, 0.1) is 5.82 Å². The maximum absolute atomic E-state index is 13.1. The van der Waals surface area contributed by atoms with Crippen LogP contribution in [-0.2, 0) is 11.2 Å². The van der Waals surface area contributed by atoms with Gasteiger partial charge in [-0.25, -0.2) is 9.18 Å². The smallest absolute Gasteiger partial charge is 0.317 e. The lowest BCUT2D eigenvalue weighted by Crippen LogP contribution is -2.53. The Morgan fingerprint density at radius 3 is 2.50 bits per heavy atom. The molecule has 0 aliphatic carbocycles. The normalized spacial score (nSPS) is 14.8. The predicted octanol–water partition coefficient (Wildman–Crippen LogP) is 1.63. The molecule has 0 radical (unpaired) electrons. The molecule has 1 aliphatic rings. The van der Waals surface area contributed by atoms with Crippen molar-refractivity contribution in [3.05, 3.63) is 35.6 Å². The van der Waals surface area contributed by atoms with Crippen LogP contribution in [0.2, 0.25) is 0 Å². The highest BCUT2D eigenvalue weighted by Crippen LogP contribution is 2.09. The van der Waals surface area contributed by atoms with Crippen LogP contribution in [0.25, 0.3) is 0 Å². The Morgan fingerprint density at radius 2 is 1.86 bits per heavy atom. The summed E-state index contributed by atoms with van der Waals surface area (Å²) in [6.07, 6.45) is 0.901. The Bertz CT molecular complexity index is 528. The van der Waals surface area contributed by atoms with Gasteiger partial charge in [-0.15, -0.1) is 0 Å². The van der Waals surface area contributed by atoms with E-state index in [2.05, 4.69) is 5.32 Å². The number of benzene rings is 1. The zero-order valence-corrected chi connectivity index (χ0v) is 12.8. The Hall–Kier alpha value is -2.11. The minimum absolute atomic E-state index is 0.0554. The molecule has 1 aromatic rings. The molecule has 1 saturated heterocycles. The van der Waals surface area contributed by atoms with Crippen LogP contribution in [0.4, 0.5) is 9.18 Å². The van der Waals surface area contributed by atoms with Gasteiger partial charge in [-0.1, -0.05) is 12.1 Å². The van der Waals surface area contributed by atoms with Crippen molar-refractivity contribution in [3.8, 4) is 0 Å². The highest BCUT2D eigenvalue weighted by molar-refractivity contribution is 5.77. The summed E-state index contributed by atoms with van der Waals surface area (Å²) >= 11 is 0. The van der Waals surface area contributed by atoms with Gasteiger partial charge in [0.25, 0.3) is 0 Å². The molecule has 1 aliphatic heterocycles. The topological polar surface area (TPSA) is 52.7 Å². The zero-order valence-electron chi connectivity index (χ0n) is 12.8. The third-order valence-corrected chi connectivity index (χ3v) is 3.76. The number of hydrogen-bond acceptors (Lipinski definition) is 2. The van der Waals surface area contributed by atoms with Gasteiger partial charge in [-0.3, -0.25) is 4.79 Å². The maximum atomic E-state index is 13.1. The van der Waals surface area contributed by atoms with Crippen LogP contribution in [-0.4, -0.2) is 54.5 Å². The molecule has 22 heavy (non-hydrogen) atoms. The van der Waals surface area contributed by atoms with E-state index in [9.17, 15) is 14.0 Å². The fraction of sp³-hybridized carbons (Fsp3) is 0.500. The molecule has 6 heteroatoms. The number of halogens is 1. The highest BCUT2D eigenvalue weighted by Gasteiger charge is 2.23. The summed E-state index contributed by atoms with van der Waals surface area (Å²) in [5.41, 5.74) is 0.828. The number of hydrogen-bond donors (Lipinski definition) is 1. The first kappa shape index (κ1) is 16.3. The Balaban J connectivity index is 1.76. The van der Waals surface area contributed by atoms with E-state index < -0.39 is 0 Å². The summed E-state index contributed by atoms with van der Waals surface area (Å²) in [6.45, 7) is 4.70. The molecule has 5 nitrogen and oxygen atoms in total. The lowest BCUT2D eigenvalue weighted by Gasteiger charge is -2.34. The predicted molar refractivity (Wildman–Crippen MR) is 81.9 cm³/mol. The highest BCUT2D eigenvalue weighted by atomic mass is 19.1. The second-order valence-corrected chi connectivity index (χ2v) is 5.33. The van der Waals surface area contributed by atoms with Crippen molar-refractivity contribution in [2.75, 3.05) is 32.7 Å². The van der Waals surface area contributed by atoms with E-state index in [4.69, 9.17) is 0 Å². The molecule has 1 fully saturated rings. The van der Waals surface area contributed by atoms with Gasteiger partial charge in [0.2, 0.25) is 5.91 Å². The van der Waals surface area contributed by atoms with Gasteiger partial charge in [-0.2, -0.15) is 0 Å². The summed E-state index contributed by atoms with van der Waals surface area (Å²) < 4.78 is 13.1. The van der Waals surface area contributed by atoms with E-state index in [1.165, 1.54) is 12.1 Å². The van der Waals surface area contributed by atoms with Gasteiger partial charge in [0.1, 0.15) is 5.82 Å². The van der Waals surface area contributed by atoms with Crippen LogP contribution in [0.1, 0.15) is 18.9 Å². The average molecular weight is 307 g/mol. The van der Waals surface area contributed by atoms with Gasteiger partial charge >= 0.3 is 6.03 Å². The number of piperazine rings is 1. The molecule has 1 N–H and O–H groups in total. The Kier molecular flexibility index (Phi) is 5.75. The fourth-order valence-electron chi connectivity index (χ4n) is 2.52. The van der Waals surface area contributed by atoms with Gasteiger partial charge in [0.05, 0.1) is 0 Å². The maximum Gasteiger partial charge on any atom is 0.317 e. The number of carbonyl (C=O) groups excluding carboxylic acids is 2. The molecule has 2 rings (SSSR count). The van der Waals surface area contributed by atoms with Crippen LogP contribution in [0.3, 0.4) is 0 Å². The Labute approximate surface area is 130 Å². The number of amides is 3. The molecule has 0 atom stereocenters. The molecule has 0 saturated carbocycles. The van der Waals surface area contributed by atoms with Gasteiger partial charge < -0.3 is 15.1 Å². The van der Waals surface area contributed by atoms with Crippen LogP contribution in [0.5, 0.6) is 0 Å². The molecule has 3 amide bonds. The van der Waals surface area contributed by atoms with E-state index in [-0.39, 0.29) is 17.8 Å². The number of nitrogens with zero attached hydrogens (tertiary/aromatic N) is 2. The second-order valence-electron chi connectivity index (χ2n) is 5.33. The minimum atomic E-state index is -0.277. The van der Waals surface area contributed by atoms with Crippen LogP contribution >= 0.6 is 0 Å². The molecule has 0 unspecified atom stereocenters. The largest absolute Gasteiger partial charge is 0.339 e. The number of rotatable bonds is 4. The van der Waals surface area contributed by atoms with E-state index in [1.807, 2.05) is 13.0 Å². The van der Waals surface area contributed by atoms with Crippen molar-refractivity contribution in [2.24, 2.45) is 0 Å². The van der Waals surface area contributed by atoms with Gasteiger partial charge in [0.15, 0.2) is 0 Å². The molecule has 120 valence electrons. The molecule has 0 spiro atoms. The summed E-state index contributed by atoms with van der Waals surface area (Å²) in [7, 11) is 0. The number of carbonyl (C=O) groups is 2. The quantitative estimate of drug-likeness (QED) is 0.919. The van der Waals surface area contributed by atoms with Crippen molar-refractivity contribution >= 4 is 11.9 Å². The lowest BCUT2D eigenvalue weighted by molar-refractivity contribution is -0.132. The van der Waals surface area contributed by atoms with Crippen molar-refractivity contribution in [1.82, 2.24) is 15.1 Å². The van der Waals surface area contributed by atoms with E-state index in [1.54, 1.807) is 15.9 Å². The van der Waals surface area contributed by atoms with Gasteiger partial charge in [0, 0.05) is 39.1 Å². The standard InChI is InChI=1S/C16H22FN3O2/c1-2-18-16(22)20-10-8-19(9-11-20)15(21)7-6-13-4-3-5-14(17)12-13/h3-5,12H,2,6-11H2,1H3,(H,18,22). The average Bonchev–Trinajstić information content (AvgIpc) is 2.53. The third kappa shape index (κ3) is 4.44. The molecule has 0 aromatic heterocycles. The van der Waals surface area contributed by atoms with E-state index in [0.717, 1.165) is 5.56 Å². The first-order valence-corrected chi connectivity index (χ1v) is 7.65. The number of aryl methyl sites for hydroxylation is 1. The van der Waals surface area contributed by atoms with Crippen LogP contribution in [0.15, 0.2) is 24.3 Å². The van der Waals surface area contributed by atoms with Crippen molar-refractivity contribution in [3.63, 3.8) is 0 Å². The van der Waals surface area contributed by atoms with Crippen molar-refractivity contribution in [2.45, 2.75) is 19.8 Å². The molecule has 0 bridgehead atoms. The molecular weight excluding hydrogens is 285 g/mol. The van der Waals surface area contributed by atoms with Crippen LogP contribution < -0.4 is 5.32 Å². The second kappa shape index (κ2) is 7.77. The fourth-order valence-corrected chi connectivity index (χ4v) is 2.52. The number of nitrogens with one attached hydrogen (secondary N) is 1. The lowest BCUT2D eigenvalue weighted by atomic mass is 10.1. The number of urea groups is 1. The summed E-state index contributed by atoms with van der Waals surface area (Å²) in [6, 6.07) is 6.25. The van der Waals surface area contributed by atoms with E-state index in [0.29, 0.717) is 45.6 Å². The summed E-state index contributed by atoms with van der Waals surface area (Å²) in [5, 5.41) is 2.76. The SMILES string of the molecule is CCNC(=O)N1CCN(C(=O)CCc2cccc(F)c2)CC1. The first-order valence-electron chi connectivity index (χ1n) is 7.65. The van der Waals surface area contributed by atoms with Gasteiger partial charge in [-0.05, 0) is 31.0 Å². The van der Waals surface area contributed by atoms with Crippen molar-refractivity contribution < 1.29 is 14.0 Å². The summed E-state index contributed by atoms with van der Waals surface area (Å²) in [4.78, 5) is 27.4. The zero-order chi connectivity index (χ0) is 15.9. The Morgan fingerprint density at radius 1 is 1.18 bits per heavy atom. The summed E-state index contributed by atoms with van der Waals surface area (Å²) in [5.74, 6) is -0.222. The third-order valence-electron chi connectivity index (χ3n) is 3.76. The minimum Gasteiger partial charge on any atom is -0.339 e. The monoisotopic (exact) mass is 307 g/mol. The first-order chi connectivity index (χ1) is 10.6. The molecule has 1 aromatic carbocycles. The van der Waals surface area contributed by atoms with E-state index >= 15 is 0 Å².